The van der Waals surface area contributed by atoms with E-state index in [0.717, 1.165) is 41.6 Å². The highest BCUT2D eigenvalue weighted by molar-refractivity contribution is 7.89. The number of allylic oxidation sites excluding steroid dienone is 3. The highest BCUT2D eigenvalue weighted by Crippen LogP contribution is 2.29. The van der Waals surface area contributed by atoms with E-state index in [0.29, 0.717) is 24.5 Å². The molecule has 0 unspecified atom stereocenters. The second-order valence-electron chi connectivity index (χ2n) is 8.28. The molecule has 3 aromatic rings. The molecule has 2 heterocycles. The summed E-state index contributed by atoms with van der Waals surface area (Å²) in [5.74, 6) is 0.789. The number of hydrogen-bond acceptors (Lipinski definition) is 7. The van der Waals surface area contributed by atoms with Gasteiger partial charge in [-0.3, -0.25) is 0 Å². The number of imidazole rings is 1. The van der Waals surface area contributed by atoms with E-state index < -0.39 is 10.0 Å². The van der Waals surface area contributed by atoms with E-state index >= 15 is 0 Å². The number of ether oxygens (including phenoxy) is 1. The number of fused-ring (bicyclic) bond motifs is 3. The van der Waals surface area contributed by atoms with Crippen LogP contribution in [0.1, 0.15) is 39.4 Å². The summed E-state index contributed by atoms with van der Waals surface area (Å²) in [5, 5.41) is 4.13. The molecule has 0 saturated carbocycles. The number of benzene rings is 1. The van der Waals surface area contributed by atoms with Gasteiger partial charge in [0.2, 0.25) is 10.0 Å². The number of pyridine rings is 1. The standard InChI is InChI=1S/C25H35FN6O3S.C2H6/c1-3-19(26)9-6-7-18-36(33,34)29-14-16-35-17-15-32-22(12-8-13-28-2)31-23-24(32)20-10-4-5-11-21(20)30-25(23)27;1-2/h4-7,9-11,28-29H,3,8,12-18H2,1-2H3,(H2,27,30);1-2H3/b7-6-,19-9+;. The largest absolute Gasteiger partial charge is 0.382 e. The van der Waals surface area contributed by atoms with Crippen LogP contribution in [0.15, 0.2) is 48.3 Å². The number of halogens is 1. The number of para-hydroxylation sites is 1. The lowest BCUT2D eigenvalue weighted by molar-refractivity contribution is 0.131. The maximum absolute atomic E-state index is 13.1. The monoisotopic (exact) mass is 548 g/mol. The van der Waals surface area contributed by atoms with E-state index in [2.05, 4.69) is 19.6 Å². The third-order valence-electron chi connectivity index (χ3n) is 5.61. The van der Waals surface area contributed by atoms with Crippen molar-refractivity contribution in [3.8, 4) is 0 Å². The third kappa shape index (κ3) is 9.16. The Morgan fingerprint density at radius 1 is 1.18 bits per heavy atom. The molecule has 0 aliphatic rings. The van der Waals surface area contributed by atoms with Gasteiger partial charge >= 0.3 is 0 Å². The maximum Gasteiger partial charge on any atom is 0.215 e. The number of hydrogen-bond donors (Lipinski definition) is 3. The molecule has 0 spiro atoms. The number of nitrogens with zero attached hydrogens (tertiary/aromatic N) is 3. The molecule has 0 aliphatic carbocycles. The van der Waals surface area contributed by atoms with Crippen molar-refractivity contribution in [2.75, 3.05) is 44.8 Å². The van der Waals surface area contributed by atoms with Crippen LogP contribution in [0.3, 0.4) is 0 Å². The molecular weight excluding hydrogens is 507 g/mol. The van der Waals surface area contributed by atoms with Crippen LogP contribution in [-0.2, 0) is 27.7 Å². The molecule has 0 fully saturated rings. The van der Waals surface area contributed by atoms with Gasteiger partial charge in [0.25, 0.3) is 0 Å². The minimum Gasteiger partial charge on any atom is -0.382 e. The Morgan fingerprint density at radius 3 is 2.68 bits per heavy atom. The van der Waals surface area contributed by atoms with Gasteiger partial charge in [-0.15, -0.1) is 0 Å². The Balaban J connectivity index is 0.00000247. The number of rotatable bonds is 15. The van der Waals surface area contributed by atoms with Crippen LogP contribution in [0.4, 0.5) is 10.2 Å². The van der Waals surface area contributed by atoms with Gasteiger partial charge < -0.3 is 20.4 Å². The predicted octanol–water partition coefficient (Wildman–Crippen LogP) is 4.10. The molecule has 0 amide bonds. The molecule has 4 N–H and O–H groups in total. The lowest BCUT2D eigenvalue weighted by Crippen LogP contribution is -2.29. The Hall–Kier alpha value is -2.86. The van der Waals surface area contributed by atoms with Gasteiger partial charge in [0, 0.05) is 24.9 Å². The van der Waals surface area contributed by atoms with Crippen molar-refractivity contribution in [2.24, 2.45) is 0 Å². The molecule has 210 valence electrons. The zero-order valence-electron chi connectivity index (χ0n) is 22.8. The smallest absolute Gasteiger partial charge is 0.215 e. The molecule has 3 rings (SSSR count). The fraction of sp³-hybridized carbons (Fsp3) is 0.481. The van der Waals surface area contributed by atoms with Crippen molar-refractivity contribution in [3.63, 3.8) is 0 Å². The number of anilines is 1. The molecule has 2 aromatic heterocycles. The summed E-state index contributed by atoms with van der Waals surface area (Å²) < 4.78 is 47.6. The lowest BCUT2D eigenvalue weighted by atomic mass is 10.2. The second-order valence-corrected chi connectivity index (χ2v) is 10.1. The SMILES string of the molecule is CC.CC/C(F)=C\C=C/CS(=O)(=O)NCCOCCn1c(CCCNC)nc2c(N)nc3ccccc3c21. The van der Waals surface area contributed by atoms with Crippen molar-refractivity contribution in [1.29, 1.82) is 0 Å². The first-order valence-corrected chi connectivity index (χ1v) is 14.8. The molecule has 0 saturated heterocycles. The topological polar surface area (TPSA) is 124 Å². The van der Waals surface area contributed by atoms with E-state index in [4.69, 9.17) is 15.5 Å². The number of aromatic nitrogens is 3. The zero-order chi connectivity index (χ0) is 28.0. The Kier molecular flexibility index (Phi) is 13.4. The molecule has 11 heteroatoms. The van der Waals surface area contributed by atoms with Gasteiger partial charge in [-0.1, -0.05) is 51.1 Å². The number of nitrogen functional groups attached to an aromatic ring is 1. The van der Waals surface area contributed by atoms with Crippen LogP contribution in [0.2, 0.25) is 0 Å². The lowest BCUT2D eigenvalue weighted by Gasteiger charge is -2.12. The Morgan fingerprint density at radius 2 is 1.95 bits per heavy atom. The van der Waals surface area contributed by atoms with Crippen LogP contribution in [0, 0.1) is 0 Å². The van der Waals surface area contributed by atoms with Crippen LogP contribution in [-0.4, -0.2) is 62.1 Å². The summed E-state index contributed by atoms with van der Waals surface area (Å²) >= 11 is 0. The summed E-state index contributed by atoms with van der Waals surface area (Å²) in [6, 6.07) is 7.83. The summed E-state index contributed by atoms with van der Waals surface area (Å²) in [5.41, 5.74) is 8.66. The highest BCUT2D eigenvalue weighted by Gasteiger charge is 2.17. The van der Waals surface area contributed by atoms with Crippen LogP contribution >= 0.6 is 0 Å². The van der Waals surface area contributed by atoms with Crippen molar-refractivity contribution >= 4 is 37.8 Å². The normalized spacial score (nSPS) is 12.4. The molecule has 1 aromatic carbocycles. The highest BCUT2D eigenvalue weighted by atomic mass is 32.2. The van der Waals surface area contributed by atoms with Gasteiger partial charge in [0.15, 0.2) is 5.82 Å². The number of sulfonamides is 1. The number of nitrogens with one attached hydrogen (secondary N) is 2. The van der Waals surface area contributed by atoms with Gasteiger partial charge in [-0.25, -0.2) is 27.5 Å². The maximum atomic E-state index is 13.1. The minimum absolute atomic E-state index is 0.148. The van der Waals surface area contributed by atoms with Crippen molar-refractivity contribution < 1.29 is 17.5 Å². The van der Waals surface area contributed by atoms with Crippen molar-refractivity contribution in [3.05, 3.63) is 54.1 Å². The van der Waals surface area contributed by atoms with Gasteiger partial charge in [-0.05, 0) is 38.6 Å². The van der Waals surface area contributed by atoms with Crippen LogP contribution < -0.4 is 15.8 Å². The van der Waals surface area contributed by atoms with E-state index in [1.165, 1.54) is 18.2 Å². The Labute approximate surface area is 225 Å². The van der Waals surface area contributed by atoms with Gasteiger partial charge in [-0.2, -0.15) is 0 Å². The summed E-state index contributed by atoms with van der Waals surface area (Å²) in [4.78, 5) is 9.30. The average Bonchev–Trinajstić information content (AvgIpc) is 3.29. The van der Waals surface area contributed by atoms with E-state index in [1.807, 2.05) is 45.2 Å². The minimum atomic E-state index is -3.50. The number of nitrogens with two attached hydrogens (primary N) is 1. The molecule has 38 heavy (non-hydrogen) atoms. The summed E-state index contributed by atoms with van der Waals surface area (Å²) in [6.07, 6.45) is 6.04. The van der Waals surface area contributed by atoms with Crippen molar-refractivity contribution in [1.82, 2.24) is 24.6 Å². The molecular formula is C27H41FN6O3S. The first-order valence-electron chi connectivity index (χ1n) is 13.1. The fourth-order valence-corrected chi connectivity index (χ4v) is 4.70. The fourth-order valence-electron chi connectivity index (χ4n) is 3.82. The predicted molar refractivity (Wildman–Crippen MR) is 154 cm³/mol. The first kappa shape index (κ1) is 31.4. The molecule has 0 aliphatic heterocycles. The summed E-state index contributed by atoms with van der Waals surface area (Å²) in [6.45, 7) is 7.85. The van der Waals surface area contributed by atoms with E-state index in [1.54, 1.807) is 6.92 Å². The van der Waals surface area contributed by atoms with Gasteiger partial charge in [0.05, 0.1) is 35.8 Å². The first-order chi connectivity index (χ1) is 18.4. The summed E-state index contributed by atoms with van der Waals surface area (Å²) in [7, 11) is -1.59. The third-order valence-corrected chi connectivity index (χ3v) is 6.89. The molecule has 0 atom stereocenters. The zero-order valence-corrected chi connectivity index (χ0v) is 23.7. The Bertz CT molecular complexity index is 1320. The van der Waals surface area contributed by atoms with E-state index in [-0.39, 0.29) is 31.2 Å². The van der Waals surface area contributed by atoms with Crippen molar-refractivity contribution in [2.45, 2.75) is 46.6 Å². The second kappa shape index (κ2) is 16.2. The quantitative estimate of drug-likeness (QED) is 0.193. The molecule has 0 radical (unpaired) electrons. The van der Waals surface area contributed by atoms with E-state index in [9.17, 15) is 12.8 Å². The molecule has 9 nitrogen and oxygen atoms in total. The average molecular weight is 549 g/mol. The van der Waals surface area contributed by atoms with Gasteiger partial charge in [0.1, 0.15) is 11.3 Å². The number of aryl methyl sites for hydroxylation is 1. The molecule has 0 bridgehead atoms. The van der Waals surface area contributed by atoms with Crippen LogP contribution in [0.5, 0.6) is 0 Å². The van der Waals surface area contributed by atoms with Crippen LogP contribution in [0.25, 0.3) is 21.9 Å².